The lowest BCUT2D eigenvalue weighted by Crippen LogP contribution is -2.36. The predicted molar refractivity (Wildman–Crippen MR) is 133 cm³/mol. The number of rotatable bonds is 4. The number of anilines is 1. The Morgan fingerprint density at radius 3 is 2.30 bits per heavy atom. The molecule has 0 bridgehead atoms. The zero-order valence-electron chi connectivity index (χ0n) is 19.6. The Balaban J connectivity index is 0.000000555. The van der Waals surface area contributed by atoms with E-state index >= 15 is 0 Å². The third-order valence-electron chi connectivity index (χ3n) is 5.11. The summed E-state index contributed by atoms with van der Waals surface area (Å²) in [5.41, 5.74) is 3.95. The molecule has 4 rings (SSSR count). The summed E-state index contributed by atoms with van der Waals surface area (Å²) >= 11 is 6.06. The molecule has 2 aromatic carbocycles. The van der Waals surface area contributed by atoms with Crippen LogP contribution in [0.3, 0.4) is 0 Å². The highest BCUT2D eigenvalue weighted by molar-refractivity contribution is 6.30. The average Bonchev–Trinajstić information content (AvgIpc) is 2.74. The zero-order valence-corrected chi connectivity index (χ0v) is 20.3. The van der Waals surface area contributed by atoms with Crippen molar-refractivity contribution >= 4 is 34.3 Å². The molecular formula is C26H31ClN2O4. The van der Waals surface area contributed by atoms with Crippen molar-refractivity contribution in [2.24, 2.45) is 0 Å². The molecule has 1 aliphatic heterocycles. The van der Waals surface area contributed by atoms with E-state index in [1.54, 1.807) is 20.8 Å². The average molecular weight is 471 g/mol. The molecule has 33 heavy (non-hydrogen) atoms. The maximum Gasteiger partial charge on any atom is 0.307 e. The van der Waals surface area contributed by atoms with Crippen molar-refractivity contribution in [1.82, 2.24) is 4.98 Å². The van der Waals surface area contributed by atoms with Crippen LogP contribution in [0.2, 0.25) is 5.02 Å². The second-order valence-electron chi connectivity index (χ2n) is 9.13. The topological polar surface area (TPSA) is 82.9 Å². The van der Waals surface area contributed by atoms with Crippen LogP contribution >= 0.6 is 11.6 Å². The lowest BCUT2D eigenvalue weighted by atomic mass is 9.90. The van der Waals surface area contributed by atoms with E-state index in [9.17, 15) is 9.90 Å². The molecule has 176 valence electrons. The molecule has 2 N–H and O–H groups in total. The Morgan fingerprint density at radius 1 is 1.12 bits per heavy atom. The van der Waals surface area contributed by atoms with Gasteiger partial charge in [0.1, 0.15) is 5.82 Å². The van der Waals surface area contributed by atoms with Crippen LogP contribution < -0.4 is 4.90 Å². The van der Waals surface area contributed by atoms with Crippen LogP contribution in [0.5, 0.6) is 0 Å². The van der Waals surface area contributed by atoms with Crippen LogP contribution in [0.1, 0.15) is 31.9 Å². The van der Waals surface area contributed by atoms with E-state index in [1.807, 2.05) is 49.4 Å². The first kappa shape index (κ1) is 25.0. The van der Waals surface area contributed by atoms with Gasteiger partial charge in [-0.2, -0.15) is 0 Å². The summed E-state index contributed by atoms with van der Waals surface area (Å²) in [4.78, 5) is 18.6. The molecule has 3 aromatic rings. The number of aryl methyl sites for hydroxylation is 1. The summed E-state index contributed by atoms with van der Waals surface area (Å²) in [6, 6.07) is 13.5. The van der Waals surface area contributed by atoms with Crippen molar-refractivity contribution in [3.05, 3.63) is 58.6 Å². The quantitative estimate of drug-likeness (QED) is 0.551. The number of morpholine rings is 1. The highest BCUT2D eigenvalue weighted by Gasteiger charge is 2.18. The van der Waals surface area contributed by atoms with Gasteiger partial charge >= 0.3 is 5.97 Å². The van der Waals surface area contributed by atoms with E-state index < -0.39 is 11.6 Å². The predicted octanol–water partition coefficient (Wildman–Crippen LogP) is 5.10. The molecule has 7 heteroatoms. The molecule has 2 heterocycles. The van der Waals surface area contributed by atoms with Crippen molar-refractivity contribution in [1.29, 1.82) is 0 Å². The molecule has 1 aromatic heterocycles. The molecular weight excluding hydrogens is 440 g/mol. The van der Waals surface area contributed by atoms with Gasteiger partial charge in [-0.1, -0.05) is 23.7 Å². The number of aliphatic carboxylic acids is 1. The lowest BCUT2D eigenvalue weighted by molar-refractivity contribution is -0.136. The first-order valence-corrected chi connectivity index (χ1v) is 11.4. The highest BCUT2D eigenvalue weighted by atomic mass is 35.5. The summed E-state index contributed by atoms with van der Waals surface area (Å²) < 4.78 is 5.43. The molecule has 0 unspecified atom stereocenters. The van der Waals surface area contributed by atoms with Gasteiger partial charge < -0.3 is 19.8 Å². The van der Waals surface area contributed by atoms with Crippen molar-refractivity contribution < 1.29 is 19.7 Å². The number of aliphatic hydroxyl groups is 1. The van der Waals surface area contributed by atoms with Gasteiger partial charge in [0.05, 0.1) is 30.8 Å². The van der Waals surface area contributed by atoms with Crippen LogP contribution in [-0.4, -0.2) is 53.1 Å². The third-order valence-corrected chi connectivity index (χ3v) is 5.36. The molecule has 0 atom stereocenters. The lowest BCUT2D eigenvalue weighted by Gasteiger charge is -2.28. The van der Waals surface area contributed by atoms with Gasteiger partial charge in [-0.25, -0.2) is 4.98 Å². The Morgan fingerprint density at radius 2 is 1.73 bits per heavy atom. The number of pyridine rings is 1. The monoisotopic (exact) mass is 470 g/mol. The van der Waals surface area contributed by atoms with Crippen LogP contribution in [0.25, 0.3) is 22.0 Å². The van der Waals surface area contributed by atoms with Crippen molar-refractivity contribution in [3.8, 4) is 11.1 Å². The van der Waals surface area contributed by atoms with Gasteiger partial charge in [-0.15, -0.1) is 0 Å². The maximum atomic E-state index is 11.5. The summed E-state index contributed by atoms with van der Waals surface area (Å²) in [6.45, 7) is 10.2. The number of halogens is 1. The molecule has 1 aliphatic rings. The number of carbonyl (C=O) groups is 1. The fraction of sp³-hybridized carbons (Fsp3) is 0.385. The number of carboxylic acid groups (broad SMARTS) is 1. The molecule has 0 aliphatic carbocycles. The smallest absolute Gasteiger partial charge is 0.307 e. The minimum atomic E-state index is -0.851. The second kappa shape index (κ2) is 10.5. The summed E-state index contributed by atoms with van der Waals surface area (Å²) in [7, 11) is 0. The van der Waals surface area contributed by atoms with E-state index in [4.69, 9.17) is 26.4 Å². The molecule has 1 fully saturated rings. The van der Waals surface area contributed by atoms with Crippen molar-refractivity contribution in [2.45, 2.75) is 39.7 Å². The van der Waals surface area contributed by atoms with Crippen LogP contribution in [0.15, 0.2) is 42.5 Å². The number of carboxylic acids is 1. The van der Waals surface area contributed by atoms with Crippen LogP contribution in [0, 0.1) is 6.92 Å². The van der Waals surface area contributed by atoms with Gasteiger partial charge in [0.2, 0.25) is 0 Å². The zero-order chi connectivity index (χ0) is 24.2. The minimum Gasteiger partial charge on any atom is -0.481 e. The van der Waals surface area contributed by atoms with E-state index in [0.717, 1.165) is 52.1 Å². The van der Waals surface area contributed by atoms with E-state index in [-0.39, 0.29) is 6.42 Å². The fourth-order valence-electron chi connectivity index (χ4n) is 3.73. The highest BCUT2D eigenvalue weighted by Crippen LogP contribution is 2.36. The largest absolute Gasteiger partial charge is 0.481 e. The standard InChI is InChI=1S/C22H21ClN2O3.C4H10O/c1-14-12-19-17(6-7-20(24-19)25-8-10-28-11-9-25)22(18(14)13-21(26)27)15-2-4-16(23)5-3-15;1-4(2,3)5/h2-7,12H,8-11,13H2,1H3,(H,26,27);5H,1-3H3. The summed E-state index contributed by atoms with van der Waals surface area (Å²) in [5, 5.41) is 19.6. The van der Waals surface area contributed by atoms with Crippen LogP contribution in [0.4, 0.5) is 5.82 Å². The van der Waals surface area contributed by atoms with Gasteiger partial charge in [0.25, 0.3) is 0 Å². The number of ether oxygens (including phenoxy) is 1. The number of hydrogen-bond acceptors (Lipinski definition) is 5. The Hall–Kier alpha value is -2.67. The SMILES string of the molecule is CC(C)(C)O.Cc1cc2nc(N3CCOCC3)ccc2c(-c2ccc(Cl)cc2)c1CC(=O)O. The second-order valence-corrected chi connectivity index (χ2v) is 9.57. The van der Waals surface area contributed by atoms with Crippen LogP contribution in [-0.2, 0) is 16.0 Å². The van der Waals surface area contributed by atoms with E-state index in [1.165, 1.54) is 0 Å². The van der Waals surface area contributed by atoms with E-state index in [2.05, 4.69) is 4.90 Å². The van der Waals surface area contributed by atoms with Gasteiger partial charge in [-0.3, -0.25) is 4.79 Å². The number of nitrogens with zero attached hydrogens (tertiary/aromatic N) is 2. The molecule has 1 saturated heterocycles. The first-order valence-electron chi connectivity index (χ1n) is 11.0. The minimum absolute atomic E-state index is 0.0368. The fourth-order valence-corrected chi connectivity index (χ4v) is 3.86. The van der Waals surface area contributed by atoms with Gasteiger partial charge in [0.15, 0.2) is 0 Å². The van der Waals surface area contributed by atoms with Crippen molar-refractivity contribution in [2.75, 3.05) is 31.2 Å². The molecule has 0 saturated carbocycles. The maximum absolute atomic E-state index is 11.5. The normalized spacial score (nSPS) is 14.1. The number of hydrogen-bond donors (Lipinski definition) is 2. The molecule has 0 amide bonds. The van der Waals surface area contributed by atoms with Crippen molar-refractivity contribution in [3.63, 3.8) is 0 Å². The molecule has 0 radical (unpaired) electrons. The Labute approximate surface area is 199 Å². The Kier molecular flexibility index (Phi) is 7.95. The number of fused-ring (bicyclic) bond motifs is 1. The number of benzene rings is 2. The molecule has 0 spiro atoms. The number of aromatic nitrogens is 1. The van der Waals surface area contributed by atoms with E-state index in [0.29, 0.717) is 18.2 Å². The van der Waals surface area contributed by atoms with Gasteiger partial charge in [-0.05, 0) is 80.3 Å². The summed E-state index contributed by atoms with van der Waals surface area (Å²) in [6.07, 6.45) is -0.0368. The molecule has 6 nitrogen and oxygen atoms in total. The summed E-state index contributed by atoms with van der Waals surface area (Å²) in [5.74, 6) is 0.0683. The Bertz CT molecular complexity index is 1110. The first-order chi connectivity index (χ1) is 15.5. The van der Waals surface area contributed by atoms with Gasteiger partial charge in [0, 0.05) is 23.5 Å². The third kappa shape index (κ3) is 6.90.